The molecule has 1 aromatic heterocycles. The molecular formula is C14H19N3O3. The molecule has 1 aromatic rings. The molecule has 1 aliphatic rings. The zero-order chi connectivity index (χ0) is 14.7. The second-order valence-corrected chi connectivity index (χ2v) is 4.91. The molecule has 0 radical (unpaired) electrons. The standard InChI is InChI=1S/C14H19N3O3/c1-9-11(3)20-14(12(9)8-15)16-13(18)10(2)17-4-6-19-7-5-17/h10H,4-7H2,1-3H3,(H,16,18). The van der Waals surface area contributed by atoms with Crippen molar-refractivity contribution in [2.45, 2.75) is 26.8 Å². The quantitative estimate of drug-likeness (QED) is 0.904. The van der Waals surface area contributed by atoms with E-state index >= 15 is 0 Å². The molecule has 1 fully saturated rings. The van der Waals surface area contributed by atoms with Gasteiger partial charge in [0, 0.05) is 18.7 Å². The molecule has 1 saturated heterocycles. The Bertz CT molecular complexity index is 539. The summed E-state index contributed by atoms with van der Waals surface area (Å²) in [7, 11) is 0. The van der Waals surface area contributed by atoms with Gasteiger partial charge in [0.05, 0.1) is 19.3 Å². The summed E-state index contributed by atoms with van der Waals surface area (Å²) in [5.74, 6) is 0.723. The van der Waals surface area contributed by atoms with Gasteiger partial charge >= 0.3 is 0 Å². The van der Waals surface area contributed by atoms with Crippen LogP contribution in [0.3, 0.4) is 0 Å². The monoisotopic (exact) mass is 277 g/mol. The predicted octanol–water partition coefficient (Wildman–Crippen LogP) is 1.43. The van der Waals surface area contributed by atoms with Gasteiger partial charge in [0.1, 0.15) is 17.4 Å². The summed E-state index contributed by atoms with van der Waals surface area (Å²) in [5, 5.41) is 11.8. The Morgan fingerprint density at radius 3 is 2.65 bits per heavy atom. The van der Waals surface area contributed by atoms with Gasteiger partial charge in [-0.05, 0) is 20.8 Å². The molecule has 1 N–H and O–H groups in total. The Morgan fingerprint density at radius 2 is 2.05 bits per heavy atom. The van der Waals surface area contributed by atoms with E-state index in [1.54, 1.807) is 13.8 Å². The highest BCUT2D eigenvalue weighted by Gasteiger charge is 2.25. The fourth-order valence-electron chi connectivity index (χ4n) is 2.20. The van der Waals surface area contributed by atoms with Gasteiger partial charge in [0.15, 0.2) is 0 Å². The van der Waals surface area contributed by atoms with Crippen molar-refractivity contribution in [3.05, 3.63) is 16.9 Å². The Labute approximate surface area is 118 Å². The van der Waals surface area contributed by atoms with E-state index in [4.69, 9.17) is 14.4 Å². The summed E-state index contributed by atoms with van der Waals surface area (Å²) in [6.45, 7) is 8.16. The molecule has 2 rings (SSSR count). The zero-order valence-electron chi connectivity index (χ0n) is 12.0. The van der Waals surface area contributed by atoms with Crippen LogP contribution < -0.4 is 5.32 Å². The normalized spacial score (nSPS) is 17.5. The third-order valence-electron chi connectivity index (χ3n) is 3.71. The first-order chi connectivity index (χ1) is 9.54. The first-order valence-electron chi connectivity index (χ1n) is 6.67. The van der Waals surface area contributed by atoms with Gasteiger partial charge in [-0.2, -0.15) is 5.26 Å². The predicted molar refractivity (Wildman–Crippen MR) is 73.4 cm³/mol. The summed E-state index contributed by atoms with van der Waals surface area (Å²) >= 11 is 0. The van der Waals surface area contributed by atoms with Crippen molar-refractivity contribution >= 4 is 11.8 Å². The molecule has 1 unspecified atom stereocenters. The fraction of sp³-hybridized carbons (Fsp3) is 0.571. The van der Waals surface area contributed by atoms with Gasteiger partial charge in [-0.25, -0.2) is 0 Å². The van der Waals surface area contributed by atoms with Crippen LogP contribution >= 0.6 is 0 Å². The molecule has 2 heterocycles. The van der Waals surface area contributed by atoms with Crippen LogP contribution in [0.25, 0.3) is 0 Å². The van der Waals surface area contributed by atoms with Crippen molar-refractivity contribution in [2.75, 3.05) is 31.6 Å². The molecule has 6 heteroatoms. The minimum absolute atomic E-state index is 0.169. The smallest absolute Gasteiger partial charge is 0.243 e. The van der Waals surface area contributed by atoms with Crippen molar-refractivity contribution in [3.8, 4) is 6.07 Å². The first-order valence-corrected chi connectivity index (χ1v) is 6.67. The van der Waals surface area contributed by atoms with Crippen molar-refractivity contribution in [1.82, 2.24) is 4.90 Å². The van der Waals surface area contributed by atoms with E-state index in [9.17, 15) is 4.79 Å². The molecular weight excluding hydrogens is 258 g/mol. The van der Waals surface area contributed by atoms with Gasteiger partial charge in [-0.15, -0.1) is 0 Å². The van der Waals surface area contributed by atoms with E-state index in [0.717, 1.165) is 18.7 Å². The number of rotatable bonds is 3. The number of anilines is 1. The summed E-state index contributed by atoms with van der Waals surface area (Å²) < 4.78 is 10.7. The van der Waals surface area contributed by atoms with Crippen LogP contribution in [0, 0.1) is 25.2 Å². The number of hydrogen-bond donors (Lipinski definition) is 1. The maximum atomic E-state index is 12.2. The largest absolute Gasteiger partial charge is 0.444 e. The molecule has 1 aliphatic heterocycles. The molecule has 6 nitrogen and oxygen atoms in total. The highest BCUT2D eigenvalue weighted by Crippen LogP contribution is 2.25. The van der Waals surface area contributed by atoms with Gasteiger partial charge < -0.3 is 9.15 Å². The molecule has 1 atom stereocenters. The first kappa shape index (κ1) is 14.6. The fourth-order valence-corrected chi connectivity index (χ4v) is 2.20. The van der Waals surface area contributed by atoms with Crippen LogP contribution in [-0.4, -0.2) is 43.2 Å². The zero-order valence-corrected chi connectivity index (χ0v) is 12.0. The minimum atomic E-state index is -0.281. The number of nitrogens with one attached hydrogen (secondary N) is 1. The van der Waals surface area contributed by atoms with Crippen LogP contribution in [0.15, 0.2) is 4.42 Å². The molecule has 0 aromatic carbocycles. The third kappa shape index (κ3) is 2.84. The number of hydrogen-bond acceptors (Lipinski definition) is 5. The number of nitrogens with zero attached hydrogens (tertiary/aromatic N) is 2. The summed E-state index contributed by atoms with van der Waals surface area (Å²) in [4.78, 5) is 14.3. The second-order valence-electron chi connectivity index (χ2n) is 4.91. The second kappa shape index (κ2) is 6.07. The lowest BCUT2D eigenvalue weighted by Crippen LogP contribution is -2.47. The molecule has 0 saturated carbocycles. The van der Waals surface area contributed by atoms with E-state index in [1.165, 1.54) is 0 Å². The summed E-state index contributed by atoms with van der Waals surface area (Å²) in [5.41, 5.74) is 1.16. The van der Waals surface area contributed by atoms with Crippen LogP contribution in [0.1, 0.15) is 23.8 Å². The van der Waals surface area contributed by atoms with E-state index in [0.29, 0.717) is 24.5 Å². The number of nitriles is 1. The topological polar surface area (TPSA) is 78.5 Å². The van der Waals surface area contributed by atoms with E-state index in [1.807, 2.05) is 11.8 Å². The van der Waals surface area contributed by atoms with Crippen molar-refractivity contribution < 1.29 is 13.9 Å². The van der Waals surface area contributed by atoms with E-state index in [2.05, 4.69) is 11.4 Å². The molecule has 108 valence electrons. The van der Waals surface area contributed by atoms with Crippen molar-refractivity contribution in [3.63, 3.8) is 0 Å². The average molecular weight is 277 g/mol. The molecule has 0 spiro atoms. The number of aryl methyl sites for hydroxylation is 1. The van der Waals surface area contributed by atoms with Crippen LogP contribution in [0.5, 0.6) is 0 Å². The number of carbonyl (C=O) groups excluding carboxylic acids is 1. The lowest BCUT2D eigenvalue weighted by molar-refractivity contribution is -0.122. The van der Waals surface area contributed by atoms with Gasteiger partial charge in [0.25, 0.3) is 0 Å². The number of ether oxygens (including phenoxy) is 1. The third-order valence-corrected chi connectivity index (χ3v) is 3.71. The Kier molecular flexibility index (Phi) is 4.42. The number of amides is 1. The Hall–Kier alpha value is -1.84. The number of furan rings is 1. The van der Waals surface area contributed by atoms with Gasteiger partial charge in [-0.3, -0.25) is 15.0 Å². The lowest BCUT2D eigenvalue weighted by atomic mass is 10.2. The molecule has 1 amide bonds. The number of morpholine rings is 1. The minimum Gasteiger partial charge on any atom is -0.444 e. The SMILES string of the molecule is Cc1oc(NC(=O)C(C)N2CCOCC2)c(C#N)c1C. The number of carbonyl (C=O) groups is 1. The Morgan fingerprint density at radius 1 is 1.40 bits per heavy atom. The summed E-state index contributed by atoms with van der Waals surface area (Å²) in [6.07, 6.45) is 0. The molecule has 0 bridgehead atoms. The van der Waals surface area contributed by atoms with Gasteiger partial charge in [-0.1, -0.05) is 0 Å². The lowest BCUT2D eigenvalue weighted by Gasteiger charge is -2.31. The average Bonchev–Trinajstić information content (AvgIpc) is 2.73. The van der Waals surface area contributed by atoms with Crippen LogP contribution in [0.4, 0.5) is 5.88 Å². The maximum absolute atomic E-state index is 12.2. The van der Waals surface area contributed by atoms with Crippen molar-refractivity contribution in [2.24, 2.45) is 0 Å². The van der Waals surface area contributed by atoms with E-state index < -0.39 is 0 Å². The van der Waals surface area contributed by atoms with Crippen molar-refractivity contribution in [1.29, 1.82) is 5.26 Å². The Balaban J connectivity index is 2.08. The van der Waals surface area contributed by atoms with Gasteiger partial charge in [0.2, 0.25) is 11.8 Å². The highest BCUT2D eigenvalue weighted by molar-refractivity contribution is 5.94. The molecule has 0 aliphatic carbocycles. The maximum Gasteiger partial charge on any atom is 0.243 e. The van der Waals surface area contributed by atoms with Crippen LogP contribution in [-0.2, 0) is 9.53 Å². The van der Waals surface area contributed by atoms with E-state index in [-0.39, 0.29) is 17.8 Å². The van der Waals surface area contributed by atoms with Crippen LogP contribution in [0.2, 0.25) is 0 Å². The summed E-state index contributed by atoms with van der Waals surface area (Å²) in [6, 6.07) is 1.79. The molecule has 20 heavy (non-hydrogen) atoms. The highest BCUT2D eigenvalue weighted by atomic mass is 16.5.